The maximum atomic E-state index is 11.5. The molecular formula is C11H15N3O4. The minimum absolute atomic E-state index is 0.0258. The van der Waals surface area contributed by atoms with E-state index in [1.165, 1.54) is 6.20 Å². The van der Waals surface area contributed by atoms with Crippen LogP contribution in [0.3, 0.4) is 0 Å². The third-order valence-corrected chi connectivity index (χ3v) is 2.10. The number of carbonyl (C=O) groups is 2. The molecule has 0 bridgehead atoms. The van der Waals surface area contributed by atoms with Crippen LogP contribution in [0.25, 0.3) is 0 Å². The Balaban J connectivity index is 2.67. The van der Waals surface area contributed by atoms with Gasteiger partial charge in [-0.1, -0.05) is 0 Å². The summed E-state index contributed by atoms with van der Waals surface area (Å²) in [4.78, 5) is 29.8. The van der Waals surface area contributed by atoms with Crippen LogP contribution >= 0.6 is 0 Å². The van der Waals surface area contributed by atoms with E-state index < -0.39 is 11.9 Å². The van der Waals surface area contributed by atoms with Gasteiger partial charge in [0.15, 0.2) is 0 Å². The molecule has 0 unspecified atom stereocenters. The number of rotatable bonds is 6. The molecule has 18 heavy (non-hydrogen) atoms. The number of anilines is 1. The molecule has 7 nitrogen and oxygen atoms in total. The fraction of sp³-hybridized carbons (Fsp3) is 0.455. The van der Waals surface area contributed by atoms with Crippen LogP contribution in [0.1, 0.15) is 29.4 Å². The standard InChI is InChI=1S/C11H15N3O4/c1-3-18-10(17)8-6-13-11(14-7(8)2)12-5-4-9(15)16/h6H,3-5H2,1-2H3,(H,15,16)(H,12,13,14). The van der Waals surface area contributed by atoms with Crippen LogP contribution in [-0.2, 0) is 9.53 Å². The van der Waals surface area contributed by atoms with Crippen LogP contribution in [0.2, 0.25) is 0 Å². The highest BCUT2D eigenvalue weighted by atomic mass is 16.5. The van der Waals surface area contributed by atoms with Crippen molar-refractivity contribution >= 4 is 17.9 Å². The molecule has 1 heterocycles. The largest absolute Gasteiger partial charge is 0.481 e. The fourth-order valence-corrected chi connectivity index (χ4v) is 1.24. The SMILES string of the molecule is CCOC(=O)c1cnc(NCCC(=O)O)nc1C. The van der Waals surface area contributed by atoms with Crippen molar-refractivity contribution in [2.24, 2.45) is 0 Å². The highest BCUT2D eigenvalue weighted by molar-refractivity contribution is 5.90. The molecule has 0 saturated carbocycles. The van der Waals surface area contributed by atoms with Gasteiger partial charge < -0.3 is 15.2 Å². The summed E-state index contributed by atoms with van der Waals surface area (Å²) in [6.07, 6.45) is 1.34. The van der Waals surface area contributed by atoms with Crippen molar-refractivity contribution in [1.29, 1.82) is 0 Å². The second-order valence-corrected chi connectivity index (χ2v) is 3.48. The molecule has 1 rings (SSSR count). The first-order chi connectivity index (χ1) is 8.54. The number of ether oxygens (including phenoxy) is 1. The molecule has 0 radical (unpaired) electrons. The zero-order chi connectivity index (χ0) is 13.5. The van der Waals surface area contributed by atoms with Gasteiger partial charge in [-0.2, -0.15) is 0 Å². The highest BCUT2D eigenvalue weighted by Gasteiger charge is 2.12. The molecule has 98 valence electrons. The van der Waals surface area contributed by atoms with Crippen LogP contribution < -0.4 is 5.32 Å². The lowest BCUT2D eigenvalue weighted by Crippen LogP contribution is -2.13. The van der Waals surface area contributed by atoms with Crippen LogP contribution in [0.15, 0.2) is 6.20 Å². The van der Waals surface area contributed by atoms with Gasteiger partial charge in [0.25, 0.3) is 0 Å². The molecule has 0 fully saturated rings. The molecule has 0 aliphatic heterocycles. The lowest BCUT2D eigenvalue weighted by molar-refractivity contribution is -0.136. The van der Waals surface area contributed by atoms with Gasteiger partial charge in [-0.15, -0.1) is 0 Å². The van der Waals surface area contributed by atoms with Crippen molar-refractivity contribution in [3.05, 3.63) is 17.5 Å². The van der Waals surface area contributed by atoms with Gasteiger partial charge in [0.1, 0.15) is 0 Å². The van der Waals surface area contributed by atoms with E-state index >= 15 is 0 Å². The molecule has 0 atom stereocenters. The lowest BCUT2D eigenvalue weighted by Gasteiger charge is -2.07. The van der Waals surface area contributed by atoms with E-state index in [1.54, 1.807) is 13.8 Å². The minimum Gasteiger partial charge on any atom is -0.481 e. The summed E-state index contributed by atoms with van der Waals surface area (Å²) >= 11 is 0. The number of carbonyl (C=O) groups excluding carboxylic acids is 1. The molecule has 0 spiro atoms. The summed E-state index contributed by atoms with van der Waals surface area (Å²) in [5.41, 5.74) is 0.793. The number of carboxylic acid groups (broad SMARTS) is 1. The zero-order valence-electron chi connectivity index (χ0n) is 10.3. The van der Waals surface area contributed by atoms with E-state index in [-0.39, 0.29) is 19.6 Å². The number of esters is 1. The number of nitrogens with zero attached hydrogens (tertiary/aromatic N) is 2. The van der Waals surface area contributed by atoms with Gasteiger partial charge in [-0.05, 0) is 13.8 Å². The molecule has 7 heteroatoms. The molecular weight excluding hydrogens is 238 g/mol. The number of hydrogen-bond donors (Lipinski definition) is 2. The van der Waals surface area contributed by atoms with E-state index in [9.17, 15) is 9.59 Å². The molecule has 2 N–H and O–H groups in total. The summed E-state index contributed by atoms with van der Waals surface area (Å²) in [6, 6.07) is 0. The van der Waals surface area contributed by atoms with Gasteiger partial charge in [-0.3, -0.25) is 4.79 Å². The van der Waals surface area contributed by atoms with Crippen molar-refractivity contribution in [1.82, 2.24) is 9.97 Å². The number of hydrogen-bond acceptors (Lipinski definition) is 6. The summed E-state index contributed by atoms with van der Waals surface area (Å²) in [6.45, 7) is 3.90. The summed E-state index contributed by atoms with van der Waals surface area (Å²) in [7, 11) is 0. The first kappa shape index (κ1) is 13.9. The van der Waals surface area contributed by atoms with Crippen molar-refractivity contribution < 1.29 is 19.4 Å². The Morgan fingerprint density at radius 1 is 1.50 bits per heavy atom. The molecule has 1 aromatic heterocycles. The monoisotopic (exact) mass is 253 g/mol. The number of aromatic nitrogens is 2. The van der Waals surface area contributed by atoms with Gasteiger partial charge >= 0.3 is 11.9 Å². The first-order valence-electron chi connectivity index (χ1n) is 5.51. The van der Waals surface area contributed by atoms with Gasteiger partial charge in [-0.25, -0.2) is 14.8 Å². The molecule has 0 aromatic carbocycles. The predicted molar refractivity (Wildman–Crippen MR) is 63.5 cm³/mol. The molecule has 0 aliphatic carbocycles. The number of aryl methyl sites for hydroxylation is 1. The van der Waals surface area contributed by atoms with Crippen LogP contribution in [0, 0.1) is 6.92 Å². The fourth-order valence-electron chi connectivity index (χ4n) is 1.24. The Bertz CT molecular complexity index is 448. The topological polar surface area (TPSA) is 101 Å². The predicted octanol–water partition coefficient (Wildman–Crippen LogP) is 0.848. The summed E-state index contributed by atoms with van der Waals surface area (Å²) in [5, 5.41) is 11.2. The van der Waals surface area contributed by atoms with E-state index in [4.69, 9.17) is 9.84 Å². The Morgan fingerprint density at radius 2 is 2.22 bits per heavy atom. The number of aliphatic carboxylic acids is 1. The minimum atomic E-state index is -0.901. The second-order valence-electron chi connectivity index (χ2n) is 3.48. The Morgan fingerprint density at radius 3 is 2.78 bits per heavy atom. The normalized spacial score (nSPS) is 9.89. The molecule has 0 aliphatic rings. The van der Waals surface area contributed by atoms with Crippen molar-refractivity contribution in [2.45, 2.75) is 20.3 Å². The molecule has 0 amide bonds. The van der Waals surface area contributed by atoms with Crippen LogP contribution in [0.4, 0.5) is 5.95 Å². The second kappa shape index (κ2) is 6.53. The van der Waals surface area contributed by atoms with E-state index in [1.807, 2.05) is 0 Å². The van der Waals surface area contributed by atoms with E-state index in [0.29, 0.717) is 17.2 Å². The maximum Gasteiger partial charge on any atom is 0.341 e. The molecule has 0 saturated heterocycles. The smallest absolute Gasteiger partial charge is 0.341 e. The first-order valence-corrected chi connectivity index (χ1v) is 5.51. The molecule has 1 aromatic rings. The van der Waals surface area contributed by atoms with Gasteiger partial charge in [0.2, 0.25) is 5.95 Å². The maximum absolute atomic E-state index is 11.5. The van der Waals surface area contributed by atoms with Crippen molar-refractivity contribution in [2.75, 3.05) is 18.5 Å². The quantitative estimate of drug-likeness (QED) is 0.724. The summed E-state index contributed by atoms with van der Waals surface area (Å²) < 4.78 is 4.84. The van der Waals surface area contributed by atoms with E-state index in [2.05, 4.69) is 15.3 Å². The van der Waals surface area contributed by atoms with Crippen molar-refractivity contribution in [3.63, 3.8) is 0 Å². The summed E-state index contributed by atoms with van der Waals surface area (Å²) in [5.74, 6) is -1.07. The average Bonchev–Trinajstić information content (AvgIpc) is 2.28. The third-order valence-electron chi connectivity index (χ3n) is 2.10. The van der Waals surface area contributed by atoms with Crippen molar-refractivity contribution in [3.8, 4) is 0 Å². The van der Waals surface area contributed by atoms with E-state index in [0.717, 1.165) is 0 Å². The Labute approximate surface area is 104 Å². The Hall–Kier alpha value is -2.18. The average molecular weight is 253 g/mol. The van der Waals surface area contributed by atoms with Crippen LogP contribution in [-0.4, -0.2) is 40.2 Å². The van der Waals surface area contributed by atoms with Crippen LogP contribution in [0.5, 0.6) is 0 Å². The van der Waals surface area contributed by atoms with Gasteiger partial charge in [0.05, 0.1) is 24.3 Å². The number of nitrogens with one attached hydrogen (secondary N) is 1. The lowest BCUT2D eigenvalue weighted by atomic mass is 10.2. The Kier molecular flexibility index (Phi) is 5.04. The van der Waals surface area contributed by atoms with Gasteiger partial charge in [0, 0.05) is 12.7 Å². The number of carboxylic acids is 1. The zero-order valence-corrected chi connectivity index (χ0v) is 10.3. The highest BCUT2D eigenvalue weighted by Crippen LogP contribution is 2.08. The third kappa shape index (κ3) is 4.00.